The fraction of sp³-hybridized carbons (Fsp3) is 0.944. The minimum Gasteiger partial charge on any atom is -0.466 e. The minimum absolute atomic E-state index is 0.0528. The molecule has 0 aliphatic rings. The monoisotopic (exact) mass is 316 g/mol. The fourth-order valence-corrected chi connectivity index (χ4v) is 2.91. The average Bonchev–Trinajstić information content (AvgIpc) is 2.46. The molecule has 1 unspecified atom stereocenters. The topological polar surface area (TPSA) is 26.3 Å². The molecule has 0 amide bonds. The molecule has 1 atom stereocenters. The zero-order valence-corrected chi connectivity index (χ0v) is 15.1. The molecule has 0 aromatic heterocycles. The van der Waals surface area contributed by atoms with Crippen LogP contribution >= 0.6 is 12.6 Å². The lowest BCUT2D eigenvalue weighted by Gasteiger charge is -2.10. The van der Waals surface area contributed by atoms with Crippen LogP contribution in [0.5, 0.6) is 0 Å². The van der Waals surface area contributed by atoms with Gasteiger partial charge in [0.15, 0.2) is 0 Å². The third kappa shape index (κ3) is 16.0. The Bertz CT molecular complexity index is 231. The van der Waals surface area contributed by atoms with Gasteiger partial charge in [-0.3, -0.25) is 4.79 Å². The van der Waals surface area contributed by atoms with Gasteiger partial charge in [0.2, 0.25) is 0 Å². The zero-order valence-electron chi connectivity index (χ0n) is 14.2. The molecule has 0 aromatic carbocycles. The maximum absolute atomic E-state index is 11.2. The standard InChI is InChI=1S/C18H36O2S/c1-3-5-6-7-8-9-11-14-17(21)15-12-10-13-16-18(19)20-4-2/h17,21H,3-16H2,1-2H3. The van der Waals surface area contributed by atoms with Crippen LogP contribution in [0.25, 0.3) is 0 Å². The lowest BCUT2D eigenvalue weighted by Crippen LogP contribution is -2.03. The van der Waals surface area contributed by atoms with Crippen molar-refractivity contribution in [3.63, 3.8) is 0 Å². The maximum atomic E-state index is 11.2. The van der Waals surface area contributed by atoms with Gasteiger partial charge in [0.05, 0.1) is 6.61 Å². The maximum Gasteiger partial charge on any atom is 0.305 e. The van der Waals surface area contributed by atoms with Gasteiger partial charge in [0.25, 0.3) is 0 Å². The fourth-order valence-electron chi connectivity index (χ4n) is 2.54. The molecule has 0 spiro atoms. The Balaban J connectivity index is 3.23. The second-order valence-electron chi connectivity index (χ2n) is 5.97. The van der Waals surface area contributed by atoms with Crippen LogP contribution in [0.3, 0.4) is 0 Å². The molecule has 126 valence electrons. The molecule has 0 aliphatic carbocycles. The average molecular weight is 317 g/mol. The summed E-state index contributed by atoms with van der Waals surface area (Å²) in [6, 6.07) is 0. The van der Waals surface area contributed by atoms with Gasteiger partial charge in [-0.1, -0.05) is 64.7 Å². The van der Waals surface area contributed by atoms with Crippen molar-refractivity contribution in [3.05, 3.63) is 0 Å². The number of carbonyl (C=O) groups excluding carboxylic acids is 1. The number of hydrogen-bond donors (Lipinski definition) is 1. The van der Waals surface area contributed by atoms with E-state index in [0.717, 1.165) is 12.8 Å². The van der Waals surface area contributed by atoms with Crippen LogP contribution in [0.4, 0.5) is 0 Å². The van der Waals surface area contributed by atoms with E-state index < -0.39 is 0 Å². The molecule has 0 radical (unpaired) electrons. The summed E-state index contributed by atoms with van der Waals surface area (Å²) in [5.41, 5.74) is 0. The van der Waals surface area contributed by atoms with Crippen molar-refractivity contribution in [1.82, 2.24) is 0 Å². The molecule has 2 nitrogen and oxygen atoms in total. The quantitative estimate of drug-likeness (QED) is 0.230. The zero-order chi connectivity index (χ0) is 15.8. The molecule has 0 bridgehead atoms. The van der Waals surface area contributed by atoms with Crippen LogP contribution in [-0.2, 0) is 9.53 Å². The highest BCUT2D eigenvalue weighted by molar-refractivity contribution is 7.80. The number of thiol groups is 1. The van der Waals surface area contributed by atoms with E-state index in [1.165, 1.54) is 64.2 Å². The highest BCUT2D eigenvalue weighted by Crippen LogP contribution is 2.17. The van der Waals surface area contributed by atoms with Crippen LogP contribution in [-0.4, -0.2) is 17.8 Å². The van der Waals surface area contributed by atoms with E-state index >= 15 is 0 Å². The lowest BCUT2D eigenvalue weighted by atomic mass is 10.0. The second kappa shape index (κ2) is 16.2. The number of unbranched alkanes of at least 4 members (excludes halogenated alkanes) is 8. The van der Waals surface area contributed by atoms with Crippen molar-refractivity contribution in [2.24, 2.45) is 0 Å². The molecule has 0 saturated carbocycles. The van der Waals surface area contributed by atoms with Gasteiger partial charge < -0.3 is 4.74 Å². The molecular weight excluding hydrogens is 280 g/mol. The molecule has 0 fully saturated rings. The summed E-state index contributed by atoms with van der Waals surface area (Å²) < 4.78 is 4.92. The van der Waals surface area contributed by atoms with Crippen LogP contribution < -0.4 is 0 Å². The van der Waals surface area contributed by atoms with Crippen molar-refractivity contribution in [2.75, 3.05) is 6.61 Å². The van der Waals surface area contributed by atoms with E-state index in [2.05, 4.69) is 19.6 Å². The van der Waals surface area contributed by atoms with E-state index in [1.807, 2.05) is 6.92 Å². The van der Waals surface area contributed by atoms with Crippen molar-refractivity contribution < 1.29 is 9.53 Å². The molecule has 0 saturated heterocycles. The van der Waals surface area contributed by atoms with Crippen molar-refractivity contribution >= 4 is 18.6 Å². The van der Waals surface area contributed by atoms with E-state index in [9.17, 15) is 4.79 Å². The summed E-state index contributed by atoms with van der Waals surface area (Å²) in [6.07, 6.45) is 15.9. The Morgan fingerprint density at radius 1 is 0.857 bits per heavy atom. The third-order valence-corrected chi connectivity index (χ3v) is 4.38. The van der Waals surface area contributed by atoms with Crippen LogP contribution in [0.15, 0.2) is 0 Å². The third-order valence-electron chi connectivity index (χ3n) is 3.86. The number of esters is 1. The number of hydrogen-bond acceptors (Lipinski definition) is 3. The molecule has 0 N–H and O–H groups in total. The van der Waals surface area contributed by atoms with Crippen molar-refractivity contribution in [1.29, 1.82) is 0 Å². The number of carbonyl (C=O) groups is 1. The lowest BCUT2D eigenvalue weighted by molar-refractivity contribution is -0.143. The Kier molecular flexibility index (Phi) is 16.1. The van der Waals surface area contributed by atoms with Gasteiger partial charge in [-0.05, 0) is 26.2 Å². The van der Waals surface area contributed by atoms with Gasteiger partial charge in [0.1, 0.15) is 0 Å². The normalized spacial score (nSPS) is 12.3. The minimum atomic E-state index is -0.0528. The first-order valence-electron chi connectivity index (χ1n) is 9.04. The Morgan fingerprint density at radius 3 is 1.95 bits per heavy atom. The van der Waals surface area contributed by atoms with Crippen molar-refractivity contribution in [2.45, 2.75) is 103 Å². The first kappa shape index (κ1) is 20.8. The highest BCUT2D eigenvalue weighted by Gasteiger charge is 2.04. The molecular formula is C18H36O2S. The summed E-state index contributed by atoms with van der Waals surface area (Å²) in [5.74, 6) is -0.0528. The Labute approximate surface area is 137 Å². The van der Waals surface area contributed by atoms with Gasteiger partial charge in [-0.25, -0.2) is 0 Å². The summed E-state index contributed by atoms with van der Waals surface area (Å²) in [7, 11) is 0. The SMILES string of the molecule is CCCCCCCCCC(S)CCCCCC(=O)OCC. The molecule has 0 aromatic rings. The van der Waals surface area contributed by atoms with Gasteiger partial charge in [0, 0.05) is 11.7 Å². The summed E-state index contributed by atoms with van der Waals surface area (Å²) in [6.45, 7) is 4.61. The molecule has 0 rings (SSSR count). The molecule has 3 heteroatoms. The predicted octanol–water partition coefficient (Wildman–Crippen LogP) is 5.94. The van der Waals surface area contributed by atoms with E-state index in [4.69, 9.17) is 4.74 Å². The number of rotatable bonds is 15. The van der Waals surface area contributed by atoms with Crippen LogP contribution in [0, 0.1) is 0 Å². The predicted molar refractivity (Wildman–Crippen MR) is 95.1 cm³/mol. The molecule has 0 heterocycles. The highest BCUT2D eigenvalue weighted by atomic mass is 32.1. The summed E-state index contributed by atoms with van der Waals surface area (Å²) in [4.78, 5) is 11.2. The van der Waals surface area contributed by atoms with E-state index in [-0.39, 0.29) is 5.97 Å². The van der Waals surface area contributed by atoms with E-state index in [0.29, 0.717) is 18.3 Å². The first-order chi connectivity index (χ1) is 10.2. The molecule has 21 heavy (non-hydrogen) atoms. The van der Waals surface area contributed by atoms with Crippen LogP contribution in [0.1, 0.15) is 97.3 Å². The Morgan fingerprint density at radius 2 is 1.38 bits per heavy atom. The van der Waals surface area contributed by atoms with Crippen molar-refractivity contribution in [3.8, 4) is 0 Å². The second-order valence-corrected chi connectivity index (χ2v) is 6.70. The Hall–Kier alpha value is -0.180. The number of ether oxygens (including phenoxy) is 1. The summed E-state index contributed by atoms with van der Waals surface area (Å²) >= 11 is 4.67. The largest absolute Gasteiger partial charge is 0.466 e. The van der Waals surface area contributed by atoms with Gasteiger partial charge >= 0.3 is 5.97 Å². The molecule has 0 aliphatic heterocycles. The van der Waals surface area contributed by atoms with Gasteiger partial charge in [-0.2, -0.15) is 12.6 Å². The van der Waals surface area contributed by atoms with Crippen LogP contribution in [0.2, 0.25) is 0 Å². The van der Waals surface area contributed by atoms with E-state index in [1.54, 1.807) is 0 Å². The summed E-state index contributed by atoms with van der Waals surface area (Å²) in [5, 5.41) is 0.545. The van der Waals surface area contributed by atoms with Gasteiger partial charge in [-0.15, -0.1) is 0 Å². The first-order valence-corrected chi connectivity index (χ1v) is 9.56. The smallest absolute Gasteiger partial charge is 0.305 e.